The second-order valence-corrected chi connectivity index (χ2v) is 7.97. The maximum absolute atomic E-state index is 12.3. The second-order valence-electron chi connectivity index (χ2n) is 7.97. The number of rotatable bonds is 7. The molecule has 2 rings (SSSR count). The number of hydrogen-bond donors (Lipinski definition) is 3. The van der Waals surface area contributed by atoms with Crippen molar-refractivity contribution in [3.63, 3.8) is 0 Å². The molecule has 0 aromatic rings. The summed E-state index contributed by atoms with van der Waals surface area (Å²) in [6.07, 6.45) is 8.16. The molecule has 0 saturated carbocycles. The van der Waals surface area contributed by atoms with E-state index in [2.05, 4.69) is 29.8 Å². The topological polar surface area (TPSA) is 73.5 Å². The maximum Gasteiger partial charge on any atom is 0.315 e. The Kier molecular flexibility index (Phi) is 8.00. The summed E-state index contributed by atoms with van der Waals surface area (Å²) in [4.78, 5) is 26.1. The molecule has 3 amide bonds. The van der Waals surface area contributed by atoms with E-state index in [4.69, 9.17) is 0 Å². The monoisotopic (exact) mass is 352 g/mol. The number of amides is 3. The average molecular weight is 353 g/mol. The zero-order valence-electron chi connectivity index (χ0n) is 16.0. The highest BCUT2D eigenvalue weighted by Gasteiger charge is 2.36. The summed E-state index contributed by atoms with van der Waals surface area (Å²) in [6, 6.07) is -0.235. The van der Waals surface area contributed by atoms with Gasteiger partial charge in [-0.15, -0.1) is 0 Å². The fourth-order valence-corrected chi connectivity index (χ4v) is 3.94. The first-order chi connectivity index (χ1) is 12.0. The van der Waals surface area contributed by atoms with Crippen molar-refractivity contribution in [2.75, 3.05) is 39.3 Å². The summed E-state index contributed by atoms with van der Waals surface area (Å²) in [5.74, 6) is 0.511. The molecule has 0 aromatic heterocycles. The van der Waals surface area contributed by atoms with Crippen LogP contribution in [0.4, 0.5) is 4.79 Å². The molecular formula is C19H36N4O2. The van der Waals surface area contributed by atoms with E-state index in [9.17, 15) is 9.59 Å². The number of nitrogens with zero attached hydrogens (tertiary/aromatic N) is 1. The van der Waals surface area contributed by atoms with Crippen LogP contribution in [0.15, 0.2) is 0 Å². The minimum Gasteiger partial charge on any atom is -0.341 e. The summed E-state index contributed by atoms with van der Waals surface area (Å²) in [7, 11) is 0. The van der Waals surface area contributed by atoms with Gasteiger partial charge in [-0.3, -0.25) is 4.79 Å². The summed E-state index contributed by atoms with van der Waals surface area (Å²) in [5.41, 5.74) is 0.397. The van der Waals surface area contributed by atoms with E-state index in [-0.39, 0.29) is 18.5 Å². The lowest BCUT2D eigenvalue weighted by molar-refractivity contribution is -0.132. The standard InChI is InChI=1S/C19H36N4O2/c1-3-4-6-16(2)13-21-18(25)22-14-17(24)23-11-8-19(9-12-23)7-5-10-20-15-19/h16,20H,3-15H2,1-2H3,(H2,21,22,25). The smallest absolute Gasteiger partial charge is 0.315 e. The molecule has 2 aliphatic heterocycles. The van der Waals surface area contributed by atoms with Gasteiger partial charge in [0.15, 0.2) is 0 Å². The number of nitrogens with one attached hydrogen (secondary N) is 3. The average Bonchev–Trinajstić information content (AvgIpc) is 2.64. The first kappa shape index (κ1) is 20.0. The van der Waals surface area contributed by atoms with Gasteiger partial charge in [0, 0.05) is 26.2 Å². The minimum absolute atomic E-state index is 0.0350. The first-order valence-electron chi connectivity index (χ1n) is 10.0. The number of piperidine rings is 2. The molecular weight excluding hydrogens is 316 g/mol. The van der Waals surface area contributed by atoms with E-state index in [1.807, 2.05) is 4.90 Å². The van der Waals surface area contributed by atoms with Gasteiger partial charge in [0.05, 0.1) is 6.54 Å². The van der Waals surface area contributed by atoms with Gasteiger partial charge in [0.2, 0.25) is 5.91 Å². The highest BCUT2D eigenvalue weighted by molar-refractivity contribution is 5.84. The van der Waals surface area contributed by atoms with Crippen LogP contribution >= 0.6 is 0 Å². The molecule has 6 heteroatoms. The van der Waals surface area contributed by atoms with Crippen LogP contribution in [-0.2, 0) is 4.79 Å². The molecule has 0 bridgehead atoms. The zero-order valence-corrected chi connectivity index (χ0v) is 16.0. The van der Waals surface area contributed by atoms with E-state index in [0.29, 0.717) is 17.9 Å². The number of likely N-dealkylation sites (tertiary alicyclic amines) is 1. The Balaban J connectivity index is 1.61. The number of unbranched alkanes of at least 4 members (excludes halogenated alkanes) is 1. The van der Waals surface area contributed by atoms with E-state index < -0.39 is 0 Å². The molecule has 0 aromatic carbocycles. The SMILES string of the molecule is CCCCC(C)CNC(=O)NCC(=O)N1CCC2(CCCNC2)CC1. The zero-order chi connectivity index (χ0) is 18.1. The van der Waals surface area contributed by atoms with Crippen LogP contribution in [0.5, 0.6) is 0 Å². The third-order valence-corrected chi connectivity index (χ3v) is 5.80. The maximum atomic E-state index is 12.3. The molecule has 2 saturated heterocycles. The van der Waals surface area contributed by atoms with Gasteiger partial charge in [0.1, 0.15) is 0 Å². The Morgan fingerprint density at radius 2 is 1.96 bits per heavy atom. The minimum atomic E-state index is -0.235. The van der Waals surface area contributed by atoms with Crippen LogP contribution in [0.3, 0.4) is 0 Å². The number of hydrogen-bond acceptors (Lipinski definition) is 3. The van der Waals surface area contributed by atoms with Crippen molar-refractivity contribution in [3.05, 3.63) is 0 Å². The highest BCUT2D eigenvalue weighted by atomic mass is 16.2. The van der Waals surface area contributed by atoms with Crippen molar-refractivity contribution < 1.29 is 9.59 Å². The number of carbonyl (C=O) groups excluding carboxylic acids is 2. The molecule has 6 nitrogen and oxygen atoms in total. The Hall–Kier alpha value is -1.30. The molecule has 2 heterocycles. The highest BCUT2D eigenvalue weighted by Crippen LogP contribution is 2.37. The molecule has 1 atom stereocenters. The first-order valence-corrected chi connectivity index (χ1v) is 10.0. The van der Waals surface area contributed by atoms with Crippen LogP contribution in [0.2, 0.25) is 0 Å². The van der Waals surface area contributed by atoms with Gasteiger partial charge in [-0.05, 0) is 50.0 Å². The predicted molar refractivity (Wildman–Crippen MR) is 100 cm³/mol. The van der Waals surface area contributed by atoms with Crippen molar-refractivity contribution >= 4 is 11.9 Å². The van der Waals surface area contributed by atoms with E-state index in [1.165, 1.54) is 25.7 Å². The summed E-state index contributed by atoms with van der Waals surface area (Å²) in [6.45, 7) is 8.93. The fourth-order valence-electron chi connectivity index (χ4n) is 3.94. The van der Waals surface area contributed by atoms with Crippen molar-refractivity contribution in [1.82, 2.24) is 20.9 Å². The van der Waals surface area contributed by atoms with Crippen LogP contribution in [-0.4, -0.2) is 56.1 Å². The Bertz CT molecular complexity index is 425. The van der Waals surface area contributed by atoms with Crippen LogP contribution in [0.1, 0.15) is 58.8 Å². The molecule has 2 fully saturated rings. The predicted octanol–water partition coefficient (Wildman–Crippen LogP) is 2.10. The van der Waals surface area contributed by atoms with Crippen molar-refractivity contribution in [2.45, 2.75) is 58.8 Å². The van der Waals surface area contributed by atoms with Crippen molar-refractivity contribution in [3.8, 4) is 0 Å². The number of urea groups is 1. The van der Waals surface area contributed by atoms with E-state index in [0.717, 1.165) is 45.4 Å². The second kappa shape index (κ2) is 10.00. The third-order valence-electron chi connectivity index (χ3n) is 5.80. The molecule has 144 valence electrons. The van der Waals surface area contributed by atoms with Crippen LogP contribution in [0, 0.1) is 11.3 Å². The largest absolute Gasteiger partial charge is 0.341 e. The Labute approximate surface area is 152 Å². The van der Waals surface area contributed by atoms with Crippen LogP contribution < -0.4 is 16.0 Å². The van der Waals surface area contributed by atoms with E-state index in [1.54, 1.807) is 0 Å². The number of carbonyl (C=O) groups is 2. The molecule has 1 unspecified atom stereocenters. The molecule has 0 aliphatic carbocycles. The third kappa shape index (κ3) is 6.49. The van der Waals surface area contributed by atoms with Gasteiger partial charge in [0.25, 0.3) is 0 Å². The lowest BCUT2D eigenvalue weighted by atomic mass is 9.73. The molecule has 3 N–H and O–H groups in total. The molecule has 0 radical (unpaired) electrons. The Morgan fingerprint density at radius 1 is 1.20 bits per heavy atom. The quantitative estimate of drug-likeness (QED) is 0.657. The van der Waals surface area contributed by atoms with Crippen LogP contribution in [0.25, 0.3) is 0 Å². The summed E-state index contributed by atoms with van der Waals surface area (Å²) in [5, 5.41) is 9.07. The van der Waals surface area contributed by atoms with Crippen molar-refractivity contribution in [1.29, 1.82) is 0 Å². The molecule has 2 aliphatic rings. The molecule has 1 spiro atoms. The Morgan fingerprint density at radius 3 is 2.60 bits per heavy atom. The summed E-state index contributed by atoms with van der Waals surface area (Å²) < 4.78 is 0. The lowest BCUT2D eigenvalue weighted by Gasteiger charge is -2.44. The lowest BCUT2D eigenvalue weighted by Crippen LogP contribution is -2.51. The molecule has 25 heavy (non-hydrogen) atoms. The normalized spacial score (nSPS) is 21.0. The van der Waals surface area contributed by atoms with Crippen molar-refractivity contribution in [2.24, 2.45) is 11.3 Å². The van der Waals surface area contributed by atoms with Gasteiger partial charge in [-0.1, -0.05) is 26.7 Å². The van der Waals surface area contributed by atoms with Gasteiger partial charge in [-0.25, -0.2) is 4.79 Å². The van der Waals surface area contributed by atoms with Gasteiger partial charge < -0.3 is 20.9 Å². The van der Waals surface area contributed by atoms with Gasteiger partial charge >= 0.3 is 6.03 Å². The van der Waals surface area contributed by atoms with E-state index >= 15 is 0 Å². The summed E-state index contributed by atoms with van der Waals surface area (Å²) >= 11 is 0. The van der Waals surface area contributed by atoms with Gasteiger partial charge in [-0.2, -0.15) is 0 Å². The fraction of sp³-hybridized carbons (Fsp3) is 0.895.